The summed E-state index contributed by atoms with van der Waals surface area (Å²) in [5.41, 5.74) is 1.61. The fourth-order valence-electron chi connectivity index (χ4n) is 2.85. The summed E-state index contributed by atoms with van der Waals surface area (Å²) in [7, 11) is 3.18. The average Bonchev–Trinajstić information content (AvgIpc) is 2.72. The van der Waals surface area contributed by atoms with Crippen molar-refractivity contribution in [2.75, 3.05) is 26.0 Å². The molecule has 5 nitrogen and oxygen atoms in total. The van der Waals surface area contributed by atoms with Gasteiger partial charge in [0.05, 0.1) is 13.7 Å². The third-order valence-electron chi connectivity index (χ3n) is 4.36. The molecule has 142 valence electrons. The predicted molar refractivity (Wildman–Crippen MR) is 112 cm³/mol. The minimum Gasteiger partial charge on any atom is -0.497 e. The van der Waals surface area contributed by atoms with Crippen LogP contribution in [0.15, 0.2) is 72.8 Å². The number of anilines is 1. The van der Waals surface area contributed by atoms with Crippen LogP contribution in [0.25, 0.3) is 16.8 Å². The van der Waals surface area contributed by atoms with Gasteiger partial charge >= 0.3 is 0 Å². The van der Waals surface area contributed by atoms with Gasteiger partial charge in [0.1, 0.15) is 5.75 Å². The van der Waals surface area contributed by atoms with Gasteiger partial charge in [-0.25, -0.2) is 0 Å². The Hall–Kier alpha value is -3.60. The van der Waals surface area contributed by atoms with Crippen LogP contribution in [0.4, 0.5) is 5.69 Å². The third kappa shape index (κ3) is 4.76. The number of likely N-dealkylation sites (N-methyl/N-ethyl adjacent to an activating group) is 1. The summed E-state index contributed by atoms with van der Waals surface area (Å²) in [6, 6.07) is 21.0. The maximum atomic E-state index is 12.4. The number of carbonyl (C=O) groups is 2. The number of ether oxygens (including phenoxy) is 1. The van der Waals surface area contributed by atoms with Gasteiger partial charge in [-0.2, -0.15) is 0 Å². The van der Waals surface area contributed by atoms with E-state index >= 15 is 0 Å². The smallest absolute Gasteiger partial charge is 0.246 e. The fourth-order valence-corrected chi connectivity index (χ4v) is 2.85. The molecule has 0 heterocycles. The highest BCUT2D eigenvalue weighted by Gasteiger charge is 2.11. The number of amides is 2. The number of nitrogens with zero attached hydrogens (tertiary/aromatic N) is 1. The molecule has 3 aromatic carbocycles. The van der Waals surface area contributed by atoms with E-state index in [0.29, 0.717) is 11.4 Å². The molecule has 0 bridgehead atoms. The molecule has 5 heteroatoms. The molecule has 0 aliphatic heterocycles. The summed E-state index contributed by atoms with van der Waals surface area (Å²) in [4.78, 5) is 25.9. The number of nitrogens with one attached hydrogen (secondary N) is 1. The van der Waals surface area contributed by atoms with Gasteiger partial charge in [0.15, 0.2) is 0 Å². The van der Waals surface area contributed by atoms with Gasteiger partial charge in [-0.1, -0.05) is 42.5 Å². The fraction of sp³-hybridized carbons (Fsp3) is 0.130. The van der Waals surface area contributed by atoms with E-state index in [-0.39, 0.29) is 18.4 Å². The van der Waals surface area contributed by atoms with Crippen molar-refractivity contribution in [3.8, 4) is 5.75 Å². The first-order valence-corrected chi connectivity index (χ1v) is 8.91. The molecule has 2 amide bonds. The van der Waals surface area contributed by atoms with Gasteiger partial charge in [-0.15, -0.1) is 0 Å². The van der Waals surface area contributed by atoms with Crippen molar-refractivity contribution >= 4 is 34.4 Å². The molecule has 0 unspecified atom stereocenters. The predicted octanol–water partition coefficient (Wildman–Crippen LogP) is 3.96. The van der Waals surface area contributed by atoms with Crippen LogP contribution in [0.3, 0.4) is 0 Å². The Morgan fingerprint density at radius 1 is 1.00 bits per heavy atom. The van der Waals surface area contributed by atoms with E-state index in [2.05, 4.69) is 5.32 Å². The Kier molecular flexibility index (Phi) is 6.07. The number of hydrogen-bond acceptors (Lipinski definition) is 3. The molecule has 3 rings (SSSR count). The van der Waals surface area contributed by atoms with Crippen LogP contribution in [-0.2, 0) is 9.59 Å². The van der Waals surface area contributed by atoms with Crippen molar-refractivity contribution in [1.82, 2.24) is 4.90 Å². The zero-order valence-corrected chi connectivity index (χ0v) is 15.9. The van der Waals surface area contributed by atoms with Crippen LogP contribution >= 0.6 is 0 Å². The first kappa shape index (κ1) is 19.2. The van der Waals surface area contributed by atoms with Crippen molar-refractivity contribution in [3.05, 3.63) is 78.4 Å². The van der Waals surface area contributed by atoms with E-state index in [1.807, 2.05) is 42.5 Å². The Balaban J connectivity index is 1.60. The van der Waals surface area contributed by atoms with Crippen molar-refractivity contribution in [2.45, 2.75) is 0 Å². The Labute approximate surface area is 164 Å². The summed E-state index contributed by atoms with van der Waals surface area (Å²) in [6.45, 7) is -0.0370. The molecule has 3 aromatic rings. The zero-order chi connectivity index (χ0) is 19.9. The number of carbonyl (C=O) groups excluding carboxylic acids is 2. The molecule has 0 saturated heterocycles. The van der Waals surface area contributed by atoms with Crippen LogP contribution in [0.1, 0.15) is 5.56 Å². The normalized spacial score (nSPS) is 10.8. The second kappa shape index (κ2) is 8.86. The van der Waals surface area contributed by atoms with E-state index < -0.39 is 0 Å². The standard InChI is InChI=1S/C23H22N2O3/c1-25(16-22(26)24-19-11-13-20(28-2)14-12-19)23(27)15-10-18-8-5-7-17-6-3-4-9-21(17)18/h3-15H,16H2,1-2H3,(H,24,26)/b15-10+. The van der Waals surface area contributed by atoms with Crippen LogP contribution < -0.4 is 10.1 Å². The van der Waals surface area contributed by atoms with Gasteiger partial charge in [0, 0.05) is 18.8 Å². The van der Waals surface area contributed by atoms with Crippen LogP contribution in [0, 0.1) is 0 Å². The number of benzene rings is 3. The van der Waals surface area contributed by atoms with E-state index in [1.54, 1.807) is 44.5 Å². The first-order chi connectivity index (χ1) is 13.6. The van der Waals surface area contributed by atoms with Crippen LogP contribution in [-0.4, -0.2) is 37.4 Å². The van der Waals surface area contributed by atoms with Gasteiger partial charge in [0.2, 0.25) is 11.8 Å². The molecule has 1 N–H and O–H groups in total. The van der Waals surface area contributed by atoms with Gasteiger partial charge in [0.25, 0.3) is 0 Å². The summed E-state index contributed by atoms with van der Waals surface area (Å²) in [5, 5.41) is 4.96. The number of fused-ring (bicyclic) bond motifs is 1. The second-order valence-electron chi connectivity index (χ2n) is 6.37. The highest BCUT2D eigenvalue weighted by Crippen LogP contribution is 2.19. The lowest BCUT2D eigenvalue weighted by molar-refractivity contribution is -0.129. The topological polar surface area (TPSA) is 58.6 Å². The quantitative estimate of drug-likeness (QED) is 0.665. The molecule has 0 aliphatic rings. The van der Waals surface area contributed by atoms with Crippen LogP contribution in [0.5, 0.6) is 5.75 Å². The molecular weight excluding hydrogens is 352 g/mol. The number of hydrogen-bond donors (Lipinski definition) is 1. The lowest BCUT2D eigenvalue weighted by atomic mass is 10.0. The van der Waals surface area contributed by atoms with Crippen molar-refractivity contribution in [3.63, 3.8) is 0 Å². The Morgan fingerprint density at radius 3 is 2.46 bits per heavy atom. The molecule has 0 saturated carbocycles. The monoisotopic (exact) mass is 374 g/mol. The van der Waals surface area contributed by atoms with Gasteiger partial charge < -0.3 is 15.0 Å². The van der Waals surface area contributed by atoms with E-state index in [1.165, 1.54) is 11.0 Å². The molecular formula is C23H22N2O3. The summed E-state index contributed by atoms with van der Waals surface area (Å²) in [5.74, 6) is 0.210. The Morgan fingerprint density at radius 2 is 1.71 bits per heavy atom. The zero-order valence-electron chi connectivity index (χ0n) is 15.9. The molecule has 0 spiro atoms. The highest BCUT2D eigenvalue weighted by molar-refractivity contribution is 5.99. The number of rotatable bonds is 6. The summed E-state index contributed by atoms with van der Waals surface area (Å²) in [6.07, 6.45) is 3.27. The lowest BCUT2D eigenvalue weighted by Crippen LogP contribution is -2.33. The molecule has 28 heavy (non-hydrogen) atoms. The Bertz CT molecular complexity index is 1000. The first-order valence-electron chi connectivity index (χ1n) is 8.91. The van der Waals surface area contributed by atoms with Crippen LogP contribution in [0.2, 0.25) is 0 Å². The highest BCUT2D eigenvalue weighted by atomic mass is 16.5. The van der Waals surface area contributed by atoms with E-state index in [0.717, 1.165) is 16.3 Å². The van der Waals surface area contributed by atoms with Crippen molar-refractivity contribution in [1.29, 1.82) is 0 Å². The number of methoxy groups -OCH3 is 1. The minimum atomic E-state index is -0.264. The average molecular weight is 374 g/mol. The summed E-state index contributed by atoms with van der Waals surface area (Å²) < 4.78 is 5.09. The molecule has 0 atom stereocenters. The molecule has 0 aromatic heterocycles. The van der Waals surface area contributed by atoms with E-state index in [9.17, 15) is 9.59 Å². The van der Waals surface area contributed by atoms with Crippen molar-refractivity contribution in [2.24, 2.45) is 0 Å². The maximum absolute atomic E-state index is 12.4. The second-order valence-corrected chi connectivity index (χ2v) is 6.37. The van der Waals surface area contributed by atoms with Gasteiger partial charge in [-0.3, -0.25) is 9.59 Å². The molecule has 0 radical (unpaired) electrons. The maximum Gasteiger partial charge on any atom is 0.246 e. The summed E-state index contributed by atoms with van der Waals surface area (Å²) >= 11 is 0. The minimum absolute atomic E-state index is 0.0370. The van der Waals surface area contributed by atoms with Crippen molar-refractivity contribution < 1.29 is 14.3 Å². The SMILES string of the molecule is COc1ccc(NC(=O)CN(C)C(=O)/C=C/c2cccc3ccccc23)cc1. The third-order valence-corrected chi connectivity index (χ3v) is 4.36. The largest absolute Gasteiger partial charge is 0.497 e. The lowest BCUT2D eigenvalue weighted by Gasteiger charge is -2.15. The van der Waals surface area contributed by atoms with Gasteiger partial charge in [-0.05, 0) is 46.7 Å². The molecule has 0 aliphatic carbocycles. The molecule has 0 fully saturated rings. The van der Waals surface area contributed by atoms with E-state index in [4.69, 9.17) is 4.74 Å².